The average molecular weight is 235 g/mol. The van der Waals surface area contributed by atoms with Crippen molar-refractivity contribution in [3.05, 3.63) is 0 Å². The summed E-state index contributed by atoms with van der Waals surface area (Å²) < 4.78 is 28.0. The zero-order valence-corrected chi connectivity index (χ0v) is 10.4. The van der Waals surface area contributed by atoms with Crippen molar-refractivity contribution in [3.8, 4) is 0 Å². The van der Waals surface area contributed by atoms with Gasteiger partial charge in [0.25, 0.3) is 0 Å². The summed E-state index contributed by atoms with van der Waals surface area (Å²) in [5.74, 6) is 0.687. The minimum absolute atomic E-state index is 0.0495. The highest BCUT2D eigenvalue weighted by Gasteiger charge is 2.40. The zero-order valence-electron chi connectivity index (χ0n) is 9.58. The zero-order chi connectivity index (χ0) is 11.4. The highest BCUT2D eigenvalue weighted by Crippen LogP contribution is 2.36. The lowest BCUT2D eigenvalue weighted by Crippen LogP contribution is -2.34. The molecule has 0 saturated carbocycles. The van der Waals surface area contributed by atoms with Gasteiger partial charge in [0.15, 0.2) is 9.84 Å². The van der Waals surface area contributed by atoms with Gasteiger partial charge in [0.05, 0.1) is 11.5 Å². The van der Waals surface area contributed by atoms with Gasteiger partial charge in [-0.05, 0) is 31.7 Å². The third-order valence-electron chi connectivity index (χ3n) is 3.08. The summed E-state index contributed by atoms with van der Waals surface area (Å²) >= 11 is 0. The molecule has 1 fully saturated rings. The van der Waals surface area contributed by atoms with Crippen LogP contribution in [-0.4, -0.2) is 47.2 Å². The molecule has 1 atom stereocenters. The first-order chi connectivity index (χ1) is 7.04. The maximum Gasteiger partial charge on any atom is 0.150 e. The van der Waals surface area contributed by atoms with Crippen LogP contribution in [0.1, 0.15) is 19.3 Å². The van der Waals surface area contributed by atoms with Crippen molar-refractivity contribution in [2.24, 2.45) is 5.41 Å². The molecule has 0 bridgehead atoms. The summed E-state index contributed by atoms with van der Waals surface area (Å²) in [6.07, 6.45) is 2.66. The second-order valence-electron chi connectivity index (χ2n) is 4.47. The number of methoxy groups -OCH3 is 1. The van der Waals surface area contributed by atoms with Crippen molar-refractivity contribution in [2.45, 2.75) is 19.3 Å². The van der Waals surface area contributed by atoms with Gasteiger partial charge in [-0.25, -0.2) is 8.42 Å². The first-order valence-electron chi connectivity index (χ1n) is 5.38. The number of sulfone groups is 1. The van der Waals surface area contributed by atoms with E-state index < -0.39 is 9.84 Å². The molecular weight excluding hydrogens is 214 g/mol. The lowest BCUT2D eigenvalue weighted by molar-refractivity contribution is 0.171. The lowest BCUT2D eigenvalue weighted by Gasteiger charge is -2.27. The van der Waals surface area contributed by atoms with Gasteiger partial charge in [0, 0.05) is 20.3 Å². The van der Waals surface area contributed by atoms with E-state index in [1.54, 1.807) is 7.11 Å². The molecule has 1 aliphatic heterocycles. The van der Waals surface area contributed by atoms with Crippen molar-refractivity contribution >= 4 is 9.84 Å². The Labute approximate surface area is 92.3 Å². The van der Waals surface area contributed by atoms with Crippen molar-refractivity contribution in [1.29, 1.82) is 0 Å². The third-order valence-corrected chi connectivity index (χ3v) is 4.96. The van der Waals surface area contributed by atoms with Gasteiger partial charge in [0.1, 0.15) is 0 Å². The van der Waals surface area contributed by atoms with Crippen molar-refractivity contribution < 1.29 is 13.2 Å². The van der Waals surface area contributed by atoms with E-state index in [1.165, 1.54) is 0 Å². The molecule has 0 radical (unpaired) electrons. The molecule has 90 valence electrons. The molecule has 1 heterocycles. The fraction of sp³-hybridized carbons (Fsp3) is 1.00. The topological polar surface area (TPSA) is 55.4 Å². The standard InChI is InChI=1S/C10H21NO3S/c1-11-8-10(4-3-6-14-2)5-7-15(12,13)9-10/h11H,3-9H2,1-2H3. The van der Waals surface area contributed by atoms with E-state index in [0.29, 0.717) is 18.1 Å². The predicted molar refractivity (Wildman–Crippen MR) is 60.7 cm³/mol. The van der Waals surface area contributed by atoms with Crippen LogP contribution >= 0.6 is 0 Å². The minimum atomic E-state index is -2.79. The highest BCUT2D eigenvalue weighted by atomic mass is 32.2. The second-order valence-corrected chi connectivity index (χ2v) is 6.65. The lowest BCUT2D eigenvalue weighted by atomic mass is 9.83. The van der Waals surface area contributed by atoms with Gasteiger partial charge >= 0.3 is 0 Å². The summed E-state index contributed by atoms with van der Waals surface area (Å²) in [6.45, 7) is 1.50. The van der Waals surface area contributed by atoms with E-state index in [-0.39, 0.29) is 5.41 Å². The summed E-state index contributed by atoms with van der Waals surface area (Å²) in [5.41, 5.74) is -0.0495. The molecule has 1 unspecified atom stereocenters. The number of hydrogen-bond acceptors (Lipinski definition) is 4. The molecule has 0 spiro atoms. The normalized spacial score (nSPS) is 29.5. The minimum Gasteiger partial charge on any atom is -0.385 e. The van der Waals surface area contributed by atoms with E-state index in [1.807, 2.05) is 7.05 Å². The Morgan fingerprint density at radius 1 is 1.47 bits per heavy atom. The maximum absolute atomic E-state index is 11.5. The third kappa shape index (κ3) is 3.74. The first kappa shape index (κ1) is 12.9. The molecule has 1 N–H and O–H groups in total. The number of ether oxygens (including phenoxy) is 1. The molecule has 0 aromatic rings. The average Bonchev–Trinajstić information content (AvgIpc) is 2.44. The van der Waals surface area contributed by atoms with Gasteiger partial charge in [-0.15, -0.1) is 0 Å². The van der Waals surface area contributed by atoms with Gasteiger partial charge < -0.3 is 10.1 Å². The molecule has 4 nitrogen and oxygen atoms in total. The smallest absolute Gasteiger partial charge is 0.150 e. The molecule has 15 heavy (non-hydrogen) atoms. The van der Waals surface area contributed by atoms with Crippen LogP contribution in [-0.2, 0) is 14.6 Å². The largest absolute Gasteiger partial charge is 0.385 e. The van der Waals surface area contributed by atoms with Crippen LogP contribution in [0.15, 0.2) is 0 Å². The van der Waals surface area contributed by atoms with Crippen molar-refractivity contribution in [2.75, 3.05) is 38.8 Å². The summed E-state index contributed by atoms with van der Waals surface area (Å²) in [5, 5.41) is 3.11. The van der Waals surface area contributed by atoms with E-state index in [4.69, 9.17) is 4.74 Å². The van der Waals surface area contributed by atoms with E-state index >= 15 is 0 Å². The van der Waals surface area contributed by atoms with Crippen LogP contribution < -0.4 is 5.32 Å². The summed E-state index contributed by atoms with van der Waals surface area (Å²) in [7, 11) is 0.761. The van der Waals surface area contributed by atoms with Gasteiger partial charge in [-0.3, -0.25) is 0 Å². The van der Waals surface area contributed by atoms with E-state index in [0.717, 1.165) is 25.8 Å². The number of hydrogen-bond donors (Lipinski definition) is 1. The maximum atomic E-state index is 11.5. The Morgan fingerprint density at radius 2 is 2.20 bits per heavy atom. The number of rotatable bonds is 6. The Hall–Kier alpha value is -0.130. The summed E-state index contributed by atoms with van der Waals surface area (Å²) in [4.78, 5) is 0. The fourth-order valence-corrected chi connectivity index (χ4v) is 4.59. The van der Waals surface area contributed by atoms with Crippen LogP contribution in [0, 0.1) is 5.41 Å². The molecule has 1 aliphatic rings. The predicted octanol–water partition coefficient (Wildman–Crippen LogP) is 0.437. The first-order valence-corrected chi connectivity index (χ1v) is 7.20. The molecule has 5 heteroatoms. The molecule has 0 aromatic carbocycles. The van der Waals surface area contributed by atoms with Gasteiger partial charge in [-0.1, -0.05) is 0 Å². The summed E-state index contributed by atoms with van der Waals surface area (Å²) in [6, 6.07) is 0. The second kappa shape index (κ2) is 5.27. The van der Waals surface area contributed by atoms with Gasteiger partial charge in [0.2, 0.25) is 0 Å². The Bertz CT molecular complexity index is 289. The quantitative estimate of drug-likeness (QED) is 0.679. The highest BCUT2D eigenvalue weighted by molar-refractivity contribution is 7.91. The molecule has 0 aliphatic carbocycles. The van der Waals surface area contributed by atoms with Gasteiger partial charge in [-0.2, -0.15) is 0 Å². The molecule has 1 saturated heterocycles. The van der Waals surface area contributed by atoms with E-state index in [9.17, 15) is 8.42 Å². The molecule has 0 aromatic heterocycles. The van der Waals surface area contributed by atoms with E-state index in [2.05, 4.69) is 5.32 Å². The molecular formula is C10H21NO3S. The van der Waals surface area contributed by atoms with Crippen molar-refractivity contribution in [3.63, 3.8) is 0 Å². The fourth-order valence-electron chi connectivity index (χ4n) is 2.37. The molecule has 1 rings (SSSR count). The Morgan fingerprint density at radius 3 is 2.67 bits per heavy atom. The SMILES string of the molecule is CNCC1(CCCOC)CCS(=O)(=O)C1. The molecule has 0 amide bonds. The Kier molecular flexibility index (Phi) is 4.55. The van der Waals surface area contributed by atoms with Crippen LogP contribution in [0.3, 0.4) is 0 Å². The monoisotopic (exact) mass is 235 g/mol. The number of nitrogens with one attached hydrogen (secondary N) is 1. The van der Waals surface area contributed by atoms with Crippen LogP contribution in [0.25, 0.3) is 0 Å². The van der Waals surface area contributed by atoms with Crippen molar-refractivity contribution in [1.82, 2.24) is 5.32 Å². The van der Waals surface area contributed by atoms with Crippen LogP contribution in [0.5, 0.6) is 0 Å². The Balaban J connectivity index is 2.56. The van der Waals surface area contributed by atoms with Crippen LogP contribution in [0.2, 0.25) is 0 Å². The van der Waals surface area contributed by atoms with Crippen LogP contribution in [0.4, 0.5) is 0 Å².